The fourth-order valence-electron chi connectivity index (χ4n) is 2.70. The molecule has 2 N–H and O–H groups in total. The summed E-state index contributed by atoms with van der Waals surface area (Å²) in [5.74, 6) is 0.877. The molecule has 8 heteroatoms. The SMILES string of the molecule is CC1(C)CNC(=O)c2nc(-c3nc(-c4cccnc4)no3)[nH]c2C1. The first-order valence-corrected chi connectivity index (χ1v) is 7.63. The van der Waals surface area contributed by atoms with Crippen LogP contribution in [0.5, 0.6) is 0 Å². The molecular weight excluding hydrogens is 308 g/mol. The average molecular weight is 324 g/mol. The highest BCUT2D eigenvalue weighted by atomic mass is 16.5. The number of hydrogen-bond acceptors (Lipinski definition) is 6. The van der Waals surface area contributed by atoms with Crippen LogP contribution in [0.15, 0.2) is 29.0 Å². The van der Waals surface area contributed by atoms with E-state index in [1.54, 1.807) is 18.5 Å². The van der Waals surface area contributed by atoms with E-state index in [0.717, 1.165) is 11.3 Å². The highest BCUT2D eigenvalue weighted by molar-refractivity contribution is 5.94. The van der Waals surface area contributed by atoms with Crippen molar-refractivity contribution in [1.29, 1.82) is 0 Å². The van der Waals surface area contributed by atoms with Gasteiger partial charge in [0.2, 0.25) is 5.82 Å². The van der Waals surface area contributed by atoms with Crippen molar-refractivity contribution >= 4 is 5.91 Å². The lowest BCUT2D eigenvalue weighted by Crippen LogP contribution is -2.32. The minimum Gasteiger partial charge on any atom is -0.350 e. The zero-order valence-electron chi connectivity index (χ0n) is 13.3. The summed E-state index contributed by atoms with van der Waals surface area (Å²) in [6, 6.07) is 3.64. The number of carbonyl (C=O) groups is 1. The van der Waals surface area contributed by atoms with Crippen molar-refractivity contribution in [2.75, 3.05) is 6.54 Å². The van der Waals surface area contributed by atoms with Gasteiger partial charge in [0.25, 0.3) is 11.8 Å². The van der Waals surface area contributed by atoms with Gasteiger partial charge in [-0.1, -0.05) is 19.0 Å². The first-order valence-electron chi connectivity index (χ1n) is 7.63. The summed E-state index contributed by atoms with van der Waals surface area (Å²) in [6.45, 7) is 4.79. The molecule has 122 valence electrons. The molecule has 0 bridgehead atoms. The quantitative estimate of drug-likeness (QED) is 0.744. The molecule has 0 fully saturated rings. The number of rotatable bonds is 2. The van der Waals surface area contributed by atoms with E-state index in [1.807, 2.05) is 6.07 Å². The predicted molar refractivity (Wildman–Crippen MR) is 84.9 cm³/mol. The van der Waals surface area contributed by atoms with Gasteiger partial charge in [0.1, 0.15) is 5.69 Å². The Morgan fingerprint density at radius 3 is 2.96 bits per heavy atom. The normalized spacial score (nSPS) is 16.3. The number of aromatic amines is 1. The van der Waals surface area contributed by atoms with Crippen LogP contribution >= 0.6 is 0 Å². The number of fused-ring (bicyclic) bond motifs is 1. The van der Waals surface area contributed by atoms with Gasteiger partial charge in [0.05, 0.1) is 0 Å². The third-order valence-corrected chi connectivity index (χ3v) is 3.92. The Morgan fingerprint density at radius 1 is 1.29 bits per heavy atom. The van der Waals surface area contributed by atoms with E-state index < -0.39 is 0 Å². The molecule has 1 aliphatic rings. The Bertz CT molecular complexity index is 896. The van der Waals surface area contributed by atoms with Crippen LogP contribution < -0.4 is 5.32 Å². The molecule has 0 saturated heterocycles. The van der Waals surface area contributed by atoms with Gasteiger partial charge in [0.15, 0.2) is 5.82 Å². The molecule has 0 aliphatic carbocycles. The third kappa shape index (κ3) is 2.55. The maximum absolute atomic E-state index is 12.2. The van der Waals surface area contributed by atoms with E-state index in [9.17, 15) is 4.79 Å². The van der Waals surface area contributed by atoms with Gasteiger partial charge >= 0.3 is 0 Å². The van der Waals surface area contributed by atoms with Crippen LogP contribution in [0.25, 0.3) is 23.1 Å². The number of hydrogen-bond donors (Lipinski definition) is 2. The van der Waals surface area contributed by atoms with Crippen molar-refractivity contribution in [3.8, 4) is 23.1 Å². The van der Waals surface area contributed by atoms with Crippen LogP contribution in [0.3, 0.4) is 0 Å². The molecule has 1 aliphatic heterocycles. The molecule has 0 aromatic carbocycles. The van der Waals surface area contributed by atoms with Gasteiger partial charge in [-0.3, -0.25) is 9.78 Å². The summed E-state index contributed by atoms with van der Waals surface area (Å²) >= 11 is 0. The summed E-state index contributed by atoms with van der Waals surface area (Å²) in [6.07, 6.45) is 4.04. The van der Waals surface area contributed by atoms with E-state index in [4.69, 9.17) is 4.52 Å². The summed E-state index contributed by atoms with van der Waals surface area (Å²) in [7, 11) is 0. The third-order valence-electron chi connectivity index (χ3n) is 3.92. The van der Waals surface area contributed by atoms with E-state index in [-0.39, 0.29) is 17.2 Å². The van der Waals surface area contributed by atoms with E-state index >= 15 is 0 Å². The highest BCUT2D eigenvalue weighted by Gasteiger charge is 2.30. The summed E-state index contributed by atoms with van der Waals surface area (Å²) in [5.41, 5.74) is 1.86. The summed E-state index contributed by atoms with van der Waals surface area (Å²) < 4.78 is 5.29. The summed E-state index contributed by atoms with van der Waals surface area (Å²) in [5, 5.41) is 6.84. The minimum absolute atomic E-state index is 0.0551. The van der Waals surface area contributed by atoms with Crippen molar-refractivity contribution < 1.29 is 9.32 Å². The van der Waals surface area contributed by atoms with Gasteiger partial charge in [-0.25, -0.2) is 4.98 Å². The molecule has 3 aromatic rings. The maximum Gasteiger partial charge on any atom is 0.294 e. The lowest BCUT2D eigenvalue weighted by atomic mass is 9.88. The lowest BCUT2D eigenvalue weighted by molar-refractivity contribution is 0.0940. The Balaban J connectivity index is 1.71. The number of amides is 1. The Hall–Kier alpha value is -3.03. The monoisotopic (exact) mass is 324 g/mol. The molecule has 3 aromatic heterocycles. The van der Waals surface area contributed by atoms with Crippen molar-refractivity contribution in [3.05, 3.63) is 35.9 Å². The van der Waals surface area contributed by atoms with Crippen LogP contribution in [-0.4, -0.2) is 37.5 Å². The Morgan fingerprint density at radius 2 is 2.17 bits per heavy atom. The van der Waals surface area contributed by atoms with Gasteiger partial charge < -0.3 is 14.8 Å². The molecule has 24 heavy (non-hydrogen) atoms. The van der Waals surface area contributed by atoms with E-state index in [0.29, 0.717) is 30.3 Å². The molecule has 8 nitrogen and oxygen atoms in total. The number of aromatic nitrogens is 5. The number of imidazole rings is 1. The number of H-pyrrole nitrogens is 1. The zero-order valence-corrected chi connectivity index (χ0v) is 13.3. The Kier molecular flexibility index (Phi) is 3.19. The second kappa shape index (κ2) is 5.26. The topological polar surface area (TPSA) is 110 Å². The molecule has 4 heterocycles. The highest BCUT2D eigenvalue weighted by Crippen LogP contribution is 2.27. The van der Waals surface area contributed by atoms with Crippen molar-refractivity contribution in [1.82, 2.24) is 30.4 Å². The van der Waals surface area contributed by atoms with Crippen LogP contribution in [-0.2, 0) is 6.42 Å². The second-order valence-electron chi connectivity index (χ2n) is 6.60. The van der Waals surface area contributed by atoms with E-state index in [2.05, 4.69) is 44.3 Å². The molecule has 0 spiro atoms. The van der Waals surface area contributed by atoms with Gasteiger partial charge in [-0.2, -0.15) is 4.98 Å². The van der Waals surface area contributed by atoms with Crippen LogP contribution in [0.1, 0.15) is 30.0 Å². The Labute approximate surface area is 137 Å². The van der Waals surface area contributed by atoms with Crippen molar-refractivity contribution in [2.24, 2.45) is 5.41 Å². The largest absolute Gasteiger partial charge is 0.350 e. The number of carbonyl (C=O) groups excluding carboxylic acids is 1. The predicted octanol–water partition coefficient (Wildman–Crippen LogP) is 1.83. The molecular formula is C16H16N6O2. The second-order valence-corrected chi connectivity index (χ2v) is 6.60. The first kappa shape index (κ1) is 14.6. The fourth-order valence-corrected chi connectivity index (χ4v) is 2.70. The smallest absolute Gasteiger partial charge is 0.294 e. The maximum atomic E-state index is 12.2. The molecule has 0 radical (unpaired) electrons. The molecule has 0 unspecified atom stereocenters. The lowest BCUT2D eigenvalue weighted by Gasteiger charge is -2.21. The van der Waals surface area contributed by atoms with Crippen LogP contribution in [0.2, 0.25) is 0 Å². The molecule has 1 amide bonds. The first-order chi connectivity index (χ1) is 11.5. The molecule has 0 atom stereocenters. The van der Waals surface area contributed by atoms with Crippen LogP contribution in [0, 0.1) is 5.41 Å². The number of nitrogens with zero attached hydrogens (tertiary/aromatic N) is 4. The van der Waals surface area contributed by atoms with Crippen molar-refractivity contribution in [2.45, 2.75) is 20.3 Å². The van der Waals surface area contributed by atoms with Crippen molar-refractivity contribution in [3.63, 3.8) is 0 Å². The van der Waals surface area contributed by atoms with Crippen LogP contribution in [0.4, 0.5) is 0 Å². The molecule has 0 saturated carbocycles. The van der Waals surface area contributed by atoms with Gasteiger partial charge in [0, 0.05) is 30.2 Å². The number of pyridine rings is 1. The van der Waals surface area contributed by atoms with E-state index in [1.165, 1.54) is 0 Å². The minimum atomic E-state index is -0.190. The average Bonchev–Trinajstić information content (AvgIpc) is 3.18. The fraction of sp³-hybridized carbons (Fsp3) is 0.312. The zero-order chi connectivity index (χ0) is 16.7. The van der Waals surface area contributed by atoms with Gasteiger partial charge in [-0.05, 0) is 24.0 Å². The number of nitrogens with one attached hydrogen (secondary N) is 2. The van der Waals surface area contributed by atoms with Gasteiger partial charge in [-0.15, -0.1) is 0 Å². The standard InChI is InChI=1S/C16H16N6O2/c1-16(2)6-10-11(14(23)18-8-16)20-13(19-10)15-21-12(22-24-15)9-4-3-5-17-7-9/h3-5,7H,6,8H2,1-2H3,(H,18,23)(H,19,20). The summed E-state index contributed by atoms with van der Waals surface area (Å²) in [4.78, 5) is 28.1. The molecule has 4 rings (SSSR count).